The van der Waals surface area contributed by atoms with Crippen LogP contribution in [-0.4, -0.2) is 5.54 Å². The van der Waals surface area contributed by atoms with Crippen molar-refractivity contribution in [1.82, 2.24) is 5.32 Å². The Hall–Kier alpha value is -1.75. The predicted molar refractivity (Wildman–Crippen MR) is 72.7 cm³/mol. The maximum atomic E-state index is 8.96. The summed E-state index contributed by atoms with van der Waals surface area (Å²) in [5.74, 6) is 0. The van der Waals surface area contributed by atoms with Crippen molar-refractivity contribution >= 4 is 5.70 Å². The lowest BCUT2D eigenvalue weighted by molar-refractivity contribution is 0.253. The summed E-state index contributed by atoms with van der Waals surface area (Å²) in [6.45, 7) is 0. The molecule has 92 valence electrons. The Morgan fingerprint density at radius 1 is 1.17 bits per heavy atom. The smallest absolute Gasteiger partial charge is 0.0933 e. The van der Waals surface area contributed by atoms with E-state index in [1.165, 1.54) is 43.2 Å². The minimum absolute atomic E-state index is 0.204. The summed E-state index contributed by atoms with van der Waals surface area (Å²) < 4.78 is 0. The second kappa shape index (κ2) is 4.49. The van der Waals surface area contributed by atoms with Crippen molar-refractivity contribution in [3.8, 4) is 6.07 Å². The van der Waals surface area contributed by atoms with Crippen molar-refractivity contribution in [3.63, 3.8) is 0 Å². The van der Waals surface area contributed by atoms with Gasteiger partial charge in [-0.2, -0.15) is 5.26 Å². The van der Waals surface area contributed by atoms with Crippen LogP contribution in [0.3, 0.4) is 0 Å². The van der Waals surface area contributed by atoms with Gasteiger partial charge in [0.25, 0.3) is 0 Å². The highest BCUT2D eigenvalue weighted by Crippen LogP contribution is 2.38. The van der Waals surface area contributed by atoms with Crippen LogP contribution in [0.4, 0.5) is 0 Å². The molecule has 2 aliphatic rings. The lowest BCUT2D eigenvalue weighted by Gasteiger charge is -2.43. The van der Waals surface area contributed by atoms with Gasteiger partial charge in [0, 0.05) is 17.2 Å². The highest BCUT2D eigenvalue weighted by Gasteiger charge is 2.36. The van der Waals surface area contributed by atoms with Crippen LogP contribution in [0.5, 0.6) is 0 Å². The molecule has 0 amide bonds. The lowest BCUT2D eigenvalue weighted by atomic mass is 9.74. The van der Waals surface area contributed by atoms with Gasteiger partial charge in [-0.25, -0.2) is 0 Å². The minimum atomic E-state index is 0.204. The number of rotatable bonds is 0. The van der Waals surface area contributed by atoms with Crippen LogP contribution in [0.15, 0.2) is 30.3 Å². The number of nitriles is 1. The summed E-state index contributed by atoms with van der Waals surface area (Å²) in [6, 6.07) is 10.6. The number of fused-ring (bicyclic) bond motifs is 1. The average Bonchev–Trinajstić information content (AvgIpc) is 2.40. The highest BCUT2D eigenvalue weighted by atomic mass is 15.0. The first-order valence-electron chi connectivity index (χ1n) is 6.79. The molecule has 1 saturated carbocycles. The number of nitrogens with zero attached hydrogens (tertiary/aromatic N) is 1. The van der Waals surface area contributed by atoms with Crippen molar-refractivity contribution in [2.45, 2.75) is 44.1 Å². The molecule has 2 nitrogen and oxygen atoms in total. The second-order valence-corrected chi connectivity index (χ2v) is 5.49. The van der Waals surface area contributed by atoms with Gasteiger partial charge in [-0.1, -0.05) is 43.5 Å². The first-order valence-corrected chi connectivity index (χ1v) is 6.79. The van der Waals surface area contributed by atoms with E-state index in [0.717, 1.165) is 12.1 Å². The van der Waals surface area contributed by atoms with Crippen LogP contribution in [0.1, 0.15) is 43.2 Å². The fourth-order valence-electron chi connectivity index (χ4n) is 3.41. The molecule has 0 unspecified atom stereocenters. The van der Waals surface area contributed by atoms with E-state index in [1.54, 1.807) is 6.08 Å². The summed E-state index contributed by atoms with van der Waals surface area (Å²) in [7, 11) is 0. The topological polar surface area (TPSA) is 35.8 Å². The molecule has 1 fully saturated rings. The van der Waals surface area contributed by atoms with Gasteiger partial charge >= 0.3 is 0 Å². The predicted octanol–water partition coefficient (Wildman–Crippen LogP) is 3.40. The van der Waals surface area contributed by atoms with Gasteiger partial charge in [-0.3, -0.25) is 0 Å². The van der Waals surface area contributed by atoms with E-state index in [0.29, 0.717) is 0 Å². The van der Waals surface area contributed by atoms with E-state index in [4.69, 9.17) is 5.26 Å². The van der Waals surface area contributed by atoms with Crippen LogP contribution in [0, 0.1) is 11.3 Å². The quantitative estimate of drug-likeness (QED) is 0.703. The molecule has 1 N–H and O–H groups in total. The highest BCUT2D eigenvalue weighted by molar-refractivity contribution is 5.71. The average molecular weight is 238 g/mol. The fourth-order valence-corrected chi connectivity index (χ4v) is 3.41. The molecule has 0 aromatic heterocycles. The molecule has 2 heteroatoms. The summed E-state index contributed by atoms with van der Waals surface area (Å²) >= 11 is 0. The van der Waals surface area contributed by atoms with Crippen molar-refractivity contribution < 1.29 is 0 Å². The molecule has 1 aliphatic carbocycles. The zero-order valence-electron chi connectivity index (χ0n) is 10.6. The van der Waals surface area contributed by atoms with E-state index >= 15 is 0 Å². The first-order chi connectivity index (χ1) is 8.83. The zero-order chi connectivity index (χ0) is 12.4. The Bertz CT molecular complexity index is 516. The van der Waals surface area contributed by atoms with Gasteiger partial charge in [0.2, 0.25) is 0 Å². The second-order valence-electron chi connectivity index (χ2n) is 5.49. The number of nitrogens with one attached hydrogen (secondary N) is 1. The SMILES string of the molecule is N#CC=C1NC2(CCCCC2)Cc2ccccc21. The molecule has 1 aromatic carbocycles. The van der Waals surface area contributed by atoms with Crippen molar-refractivity contribution in [3.05, 3.63) is 41.5 Å². The van der Waals surface area contributed by atoms with Gasteiger partial charge in [-0.05, 0) is 24.8 Å². The van der Waals surface area contributed by atoms with E-state index in [-0.39, 0.29) is 5.54 Å². The standard InChI is InChI=1S/C16H18N2/c17-11-8-15-14-7-3-2-6-13(14)12-16(18-15)9-4-1-5-10-16/h2-3,6-8,18H,1,4-5,9-10,12H2. The Morgan fingerprint density at radius 2 is 1.94 bits per heavy atom. The van der Waals surface area contributed by atoms with Crippen LogP contribution in [0.2, 0.25) is 0 Å². The molecule has 0 radical (unpaired) electrons. The van der Waals surface area contributed by atoms with E-state index < -0.39 is 0 Å². The molecule has 1 aromatic rings. The molecule has 18 heavy (non-hydrogen) atoms. The first kappa shape index (κ1) is 11.3. The van der Waals surface area contributed by atoms with Crippen LogP contribution in [-0.2, 0) is 6.42 Å². The number of hydrogen-bond acceptors (Lipinski definition) is 2. The van der Waals surface area contributed by atoms with E-state index in [9.17, 15) is 0 Å². The number of hydrogen-bond donors (Lipinski definition) is 1. The third-order valence-corrected chi connectivity index (χ3v) is 4.26. The molecule has 0 atom stereocenters. The van der Waals surface area contributed by atoms with Gasteiger partial charge in [0.15, 0.2) is 0 Å². The minimum Gasteiger partial charge on any atom is -0.378 e. The van der Waals surface area contributed by atoms with E-state index in [1.807, 2.05) is 6.07 Å². The lowest BCUT2D eigenvalue weighted by Crippen LogP contribution is -2.50. The number of benzene rings is 1. The molecule has 1 heterocycles. The Kier molecular flexibility index (Phi) is 2.83. The van der Waals surface area contributed by atoms with Crippen molar-refractivity contribution in [2.24, 2.45) is 0 Å². The van der Waals surface area contributed by atoms with Crippen LogP contribution < -0.4 is 5.32 Å². The molecule has 0 saturated heterocycles. The molecule has 3 rings (SSSR count). The number of allylic oxidation sites excluding steroid dienone is 1. The van der Waals surface area contributed by atoms with Gasteiger partial charge in [-0.15, -0.1) is 0 Å². The third-order valence-electron chi connectivity index (χ3n) is 4.26. The summed E-state index contributed by atoms with van der Waals surface area (Å²) in [5, 5.41) is 12.6. The summed E-state index contributed by atoms with van der Waals surface area (Å²) in [6.07, 6.45) is 9.17. The van der Waals surface area contributed by atoms with Gasteiger partial charge < -0.3 is 5.32 Å². The van der Waals surface area contributed by atoms with Gasteiger partial charge in [0.05, 0.1) is 11.8 Å². The fraction of sp³-hybridized carbons (Fsp3) is 0.438. The molecule has 1 aliphatic heterocycles. The molecular formula is C16H18N2. The Morgan fingerprint density at radius 3 is 2.72 bits per heavy atom. The van der Waals surface area contributed by atoms with Crippen molar-refractivity contribution in [2.75, 3.05) is 0 Å². The van der Waals surface area contributed by atoms with Gasteiger partial charge in [0.1, 0.15) is 0 Å². The molecular weight excluding hydrogens is 220 g/mol. The Balaban J connectivity index is 2.02. The molecule has 1 spiro atoms. The third kappa shape index (κ3) is 1.90. The molecule has 0 bridgehead atoms. The van der Waals surface area contributed by atoms with Crippen LogP contribution >= 0.6 is 0 Å². The normalized spacial score (nSPS) is 23.2. The maximum absolute atomic E-state index is 8.96. The largest absolute Gasteiger partial charge is 0.378 e. The van der Waals surface area contributed by atoms with E-state index in [2.05, 4.69) is 29.6 Å². The Labute approximate surface area is 108 Å². The zero-order valence-corrected chi connectivity index (χ0v) is 10.6. The van der Waals surface area contributed by atoms with Crippen LogP contribution in [0.25, 0.3) is 5.70 Å². The summed E-state index contributed by atoms with van der Waals surface area (Å²) in [4.78, 5) is 0. The maximum Gasteiger partial charge on any atom is 0.0933 e. The monoisotopic (exact) mass is 238 g/mol. The van der Waals surface area contributed by atoms with Crippen molar-refractivity contribution in [1.29, 1.82) is 5.26 Å². The summed E-state index contributed by atoms with van der Waals surface area (Å²) in [5.41, 5.74) is 3.81.